The Kier molecular flexibility index (Phi) is 4.44. The van der Waals surface area contributed by atoms with Crippen LogP contribution < -0.4 is 5.32 Å². The Bertz CT molecular complexity index is 594. The van der Waals surface area contributed by atoms with Gasteiger partial charge in [0.25, 0.3) is 0 Å². The van der Waals surface area contributed by atoms with Crippen LogP contribution in [0.5, 0.6) is 0 Å². The van der Waals surface area contributed by atoms with Crippen LogP contribution in [0.3, 0.4) is 0 Å². The van der Waals surface area contributed by atoms with E-state index in [1.54, 1.807) is 6.20 Å². The molecule has 0 spiro atoms. The number of nitrogens with one attached hydrogen (secondary N) is 1. The Morgan fingerprint density at radius 1 is 1.50 bits per heavy atom. The largest absolute Gasteiger partial charge is 0.351 e. The van der Waals surface area contributed by atoms with Gasteiger partial charge in [-0.2, -0.15) is 9.40 Å². The molecule has 7 nitrogen and oxygen atoms in total. The fraction of sp³-hybridized carbons (Fsp3) is 0.667. The van der Waals surface area contributed by atoms with Crippen LogP contribution in [0.2, 0.25) is 0 Å². The summed E-state index contributed by atoms with van der Waals surface area (Å²) in [5, 5.41) is 7.03. The van der Waals surface area contributed by atoms with E-state index in [9.17, 15) is 13.2 Å². The van der Waals surface area contributed by atoms with E-state index in [1.807, 2.05) is 4.68 Å². The predicted octanol–water partition coefficient (Wildman–Crippen LogP) is -0.273. The van der Waals surface area contributed by atoms with Crippen molar-refractivity contribution in [2.24, 2.45) is 0 Å². The molecule has 1 aliphatic heterocycles. The minimum absolute atomic E-state index is 0.164. The standard InChI is InChI=1S/C12H20N4O3S/c1-15(20(2,18)19)9-12(17)13-7-10-8-14-16-6-4-3-5-11(10)16/h8H,3-7,9H2,1-2H3,(H,13,17). The number of carbonyl (C=O) groups is 1. The maximum atomic E-state index is 11.7. The molecule has 112 valence electrons. The highest BCUT2D eigenvalue weighted by molar-refractivity contribution is 7.88. The van der Waals surface area contributed by atoms with Crippen molar-refractivity contribution >= 4 is 15.9 Å². The molecule has 20 heavy (non-hydrogen) atoms. The zero-order valence-electron chi connectivity index (χ0n) is 11.8. The van der Waals surface area contributed by atoms with Crippen LogP contribution in [-0.2, 0) is 34.3 Å². The van der Waals surface area contributed by atoms with Crippen molar-refractivity contribution in [2.45, 2.75) is 32.4 Å². The topological polar surface area (TPSA) is 84.3 Å². The number of hydrogen-bond acceptors (Lipinski definition) is 4. The van der Waals surface area contributed by atoms with Gasteiger partial charge in [-0.3, -0.25) is 9.48 Å². The molecule has 0 unspecified atom stereocenters. The number of amides is 1. The number of likely N-dealkylation sites (N-methyl/N-ethyl adjacent to an activating group) is 1. The SMILES string of the molecule is CN(CC(=O)NCc1cnn2c1CCCC2)S(C)(=O)=O. The molecular formula is C12H20N4O3S. The molecule has 0 aromatic carbocycles. The van der Waals surface area contributed by atoms with Gasteiger partial charge in [-0.05, 0) is 19.3 Å². The fourth-order valence-corrected chi connectivity index (χ4v) is 2.55. The minimum atomic E-state index is -3.33. The maximum Gasteiger partial charge on any atom is 0.235 e. The number of fused-ring (bicyclic) bond motifs is 1. The van der Waals surface area contributed by atoms with Gasteiger partial charge >= 0.3 is 0 Å². The first-order chi connectivity index (χ1) is 9.38. The predicted molar refractivity (Wildman–Crippen MR) is 74.5 cm³/mol. The van der Waals surface area contributed by atoms with Crippen LogP contribution in [0, 0.1) is 0 Å². The van der Waals surface area contributed by atoms with Gasteiger partial charge < -0.3 is 5.32 Å². The lowest BCUT2D eigenvalue weighted by atomic mass is 10.1. The number of sulfonamides is 1. The number of nitrogens with zero attached hydrogens (tertiary/aromatic N) is 3. The van der Waals surface area contributed by atoms with E-state index in [1.165, 1.54) is 12.7 Å². The number of aromatic nitrogens is 2. The zero-order chi connectivity index (χ0) is 14.8. The smallest absolute Gasteiger partial charge is 0.235 e. The van der Waals surface area contributed by atoms with E-state index < -0.39 is 10.0 Å². The molecule has 0 aliphatic carbocycles. The van der Waals surface area contributed by atoms with Gasteiger partial charge in [-0.1, -0.05) is 0 Å². The highest BCUT2D eigenvalue weighted by Gasteiger charge is 2.17. The van der Waals surface area contributed by atoms with E-state index in [0.717, 1.165) is 41.9 Å². The molecule has 2 heterocycles. The van der Waals surface area contributed by atoms with Gasteiger partial charge in [0.1, 0.15) is 0 Å². The summed E-state index contributed by atoms with van der Waals surface area (Å²) < 4.78 is 25.5. The molecule has 0 bridgehead atoms. The number of hydrogen-bond donors (Lipinski definition) is 1. The summed E-state index contributed by atoms with van der Waals surface area (Å²) in [7, 11) is -1.94. The van der Waals surface area contributed by atoms with Crippen molar-refractivity contribution in [3.63, 3.8) is 0 Å². The number of rotatable bonds is 5. The van der Waals surface area contributed by atoms with Crippen molar-refractivity contribution < 1.29 is 13.2 Å². The Balaban J connectivity index is 1.89. The minimum Gasteiger partial charge on any atom is -0.351 e. The summed E-state index contributed by atoms with van der Waals surface area (Å²) in [6, 6.07) is 0. The average molecular weight is 300 g/mol. The van der Waals surface area contributed by atoms with E-state index in [-0.39, 0.29) is 12.5 Å². The summed E-state index contributed by atoms with van der Waals surface area (Å²) in [6.07, 6.45) is 6.12. The first kappa shape index (κ1) is 15.0. The molecule has 0 saturated heterocycles. The Labute approximate surface area is 119 Å². The van der Waals surface area contributed by atoms with Crippen LogP contribution in [-0.4, -0.2) is 48.3 Å². The maximum absolute atomic E-state index is 11.7. The summed E-state index contributed by atoms with van der Waals surface area (Å²) in [4.78, 5) is 11.7. The van der Waals surface area contributed by atoms with Crippen molar-refractivity contribution in [3.8, 4) is 0 Å². The number of carbonyl (C=O) groups excluding carboxylic acids is 1. The van der Waals surface area contributed by atoms with Crippen LogP contribution in [0.1, 0.15) is 24.1 Å². The Morgan fingerprint density at radius 2 is 2.25 bits per heavy atom. The molecule has 1 amide bonds. The van der Waals surface area contributed by atoms with Crippen LogP contribution in [0.25, 0.3) is 0 Å². The second kappa shape index (κ2) is 5.92. The lowest BCUT2D eigenvalue weighted by Crippen LogP contribution is -2.37. The summed E-state index contributed by atoms with van der Waals surface area (Å²) in [6.45, 7) is 1.16. The third kappa shape index (κ3) is 3.57. The van der Waals surface area contributed by atoms with Crippen molar-refractivity contribution in [2.75, 3.05) is 19.8 Å². The first-order valence-corrected chi connectivity index (χ1v) is 8.44. The van der Waals surface area contributed by atoms with Crippen molar-refractivity contribution in [3.05, 3.63) is 17.5 Å². The second-order valence-corrected chi connectivity index (χ2v) is 7.18. The average Bonchev–Trinajstić information content (AvgIpc) is 2.78. The molecule has 8 heteroatoms. The van der Waals surface area contributed by atoms with Gasteiger partial charge in [-0.15, -0.1) is 0 Å². The van der Waals surface area contributed by atoms with Gasteiger partial charge in [0.15, 0.2) is 0 Å². The van der Waals surface area contributed by atoms with Crippen LogP contribution >= 0.6 is 0 Å². The molecular weight excluding hydrogens is 280 g/mol. The van der Waals surface area contributed by atoms with Crippen molar-refractivity contribution in [1.29, 1.82) is 0 Å². The molecule has 0 atom stereocenters. The molecule has 0 saturated carbocycles. The fourth-order valence-electron chi connectivity index (χ4n) is 2.20. The molecule has 1 N–H and O–H groups in total. The zero-order valence-corrected chi connectivity index (χ0v) is 12.6. The van der Waals surface area contributed by atoms with Crippen molar-refractivity contribution in [1.82, 2.24) is 19.4 Å². The van der Waals surface area contributed by atoms with Crippen LogP contribution in [0.4, 0.5) is 0 Å². The molecule has 1 aliphatic rings. The highest BCUT2D eigenvalue weighted by atomic mass is 32.2. The second-order valence-electron chi connectivity index (χ2n) is 5.09. The van der Waals surface area contributed by atoms with E-state index in [0.29, 0.717) is 6.54 Å². The lowest BCUT2D eigenvalue weighted by Gasteiger charge is -2.16. The molecule has 1 aromatic heterocycles. The molecule has 1 aromatic rings. The number of aryl methyl sites for hydroxylation is 1. The first-order valence-electron chi connectivity index (χ1n) is 6.59. The summed E-state index contributed by atoms with van der Waals surface area (Å²) in [5.41, 5.74) is 2.19. The van der Waals surface area contributed by atoms with Gasteiger partial charge in [-0.25, -0.2) is 8.42 Å². The third-order valence-corrected chi connectivity index (χ3v) is 4.74. The van der Waals surface area contributed by atoms with Gasteiger partial charge in [0, 0.05) is 31.4 Å². The summed E-state index contributed by atoms with van der Waals surface area (Å²) in [5.74, 6) is -0.311. The highest BCUT2D eigenvalue weighted by Crippen LogP contribution is 2.17. The van der Waals surface area contributed by atoms with E-state index in [2.05, 4.69) is 10.4 Å². The monoisotopic (exact) mass is 300 g/mol. The van der Waals surface area contributed by atoms with Gasteiger partial charge in [0.2, 0.25) is 15.9 Å². The lowest BCUT2D eigenvalue weighted by molar-refractivity contribution is -0.121. The Morgan fingerprint density at radius 3 is 2.95 bits per heavy atom. The molecule has 2 rings (SSSR count). The Hall–Kier alpha value is -1.41. The third-order valence-electron chi connectivity index (χ3n) is 3.48. The van der Waals surface area contributed by atoms with Gasteiger partial charge in [0.05, 0.1) is 19.0 Å². The normalized spacial score (nSPS) is 15.2. The molecule has 0 radical (unpaired) electrons. The molecule has 0 fully saturated rings. The summed E-state index contributed by atoms with van der Waals surface area (Å²) >= 11 is 0. The van der Waals surface area contributed by atoms with E-state index >= 15 is 0 Å². The van der Waals surface area contributed by atoms with E-state index in [4.69, 9.17) is 0 Å². The van der Waals surface area contributed by atoms with Crippen LogP contribution in [0.15, 0.2) is 6.20 Å². The quantitative estimate of drug-likeness (QED) is 0.811.